The fourth-order valence-electron chi connectivity index (χ4n) is 1.54. The second-order valence-electron chi connectivity index (χ2n) is 3.84. The van der Waals surface area contributed by atoms with Gasteiger partial charge in [0.2, 0.25) is 0 Å². The summed E-state index contributed by atoms with van der Waals surface area (Å²) in [6, 6.07) is 0. The first-order valence-corrected chi connectivity index (χ1v) is 4.86. The van der Waals surface area contributed by atoms with E-state index in [1.807, 2.05) is 6.92 Å². The van der Waals surface area contributed by atoms with Crippen LogP contribution >= 0.6 is 0 Å². The first-order valence-electron chi connectivity index (χ1n) is 4.86. The second-order valence-corrected chi connectivity index (χ2v) is 3.84. The van der Waals surface area contributed by atoms with Crippen molar-refractivity contribution in [1.29, 1.82) is 0 Å². The zero-order valence-corrected chi connectivity index (χ0v) is 8.91. The van der Waals surface area contributed by atoms with Crippen LogP contribution in [0.5, 0.6) is 0 Å². The molecule has 4 nitrogen and oxygen atoms in total. The third-order valence-corrected chi connectivity index (χ3v) is 2.67. The third kappa shape index (κ3) is 3.55. The van der Waals surface area contributed by atoms with Gasteiger partial charge in [-0.15, -0.1) is 0 Å². The molecular weight excluding hydrogens is 191 g/mol. The molecule has 0 atom stereocenters. The Kier molecular flexibility index (Phi) is 7.82. The van der Waals surface area contributed by atoms with E-state index in [0.717, 1.165) is 6.42 Å². The molecule has 0 bridgehead atoms. The maximum absolute atomic E-state index is 11.0. The fourth-order valence-corrected chi connectivity index (χ4v) is 1.54. The van der Waals surface area contributed by atoms with E-state index in [1.165, 1.54) is 0 Å². The van der Waals surface area contributed by atoms with Crippen LogP contribution in [-0.4, -0.2) is 41.0 Å². The van der Waals surface area contributed by atoms with Gasteiger partial charge in [-0.1, -0.05) is 33.6 Å². The number of carbonyl (C=O) groups is 2. The summed E-state index contributed by atoms with van der Waals surface area (Å²) >= 11 is 0. The molecule has 0 aromatic heterocycles. The predicted molar refractivity (Wildman–Crippen MR) is 59.2 cm³/mol. The Labute approximate surface area is 102 Å². The van der Waals surface area contributed by atoms with Crippen molar-refractivity contribution >= 4 is 30.8 Å². The van der Waals surface area contributed by atoms with Crippen molar-refractivity contribution < 1.29 is 19.8 Å². The summed E-state index contributed by atoms with van der Waals surface area (Å²) in [5, 5.41) is 18.0. The van der Waals surface area contributed by atoms with Gasteiger partial charge in [-0.05, 0) is 12.3 Å². The number of hydrogen-bond donors (Lipinski definition) is 2. The van der Waals surface area contributed by atoms with E-state index in [1.54, 1.807) is 13.8 Å². The van der Waals surface area contributed by atoms with Gasteiger partial charge >= 0.3 is 30.8 Å². The molecule has 0 rings (SSSR count). The van der Waals surface area contributed by atoms with E-state index in [0.29, 0.717) is 6.42 Å². The molecule has 0 aromatic carbocycles. The van der Waals surface area contributed by atoms with Crippen molar-refractivity contribution in [2.45, 2.75) is 40.0 Å². The van der Waals surface area contributed by atoms with E-state index in [2.05, 4.69) is 0 Å². The van der Waals surface area contributed by atoms with Crippen molar-refractivity contribution in [3.8, 4) is 0 Å². The van der Waals surface area contributed by atoms with Gasteiger partial charge in [0, 0.05) is 0 Å². The van der Waals surface area contributed by atoms with Crippen molar-refractivity contribution in [2.24, 2.45) is 11.3 Å². The van der Waals surface area contributed by atoms with Crippen LogP contribution in [0.15, 0.2) is 0 Å². The minimum atomic E-state index is -1.62. The van der Waals surface area contributed by atoms with Gasteiger partial charge in [0.1, 0.15) is 0 Å². The molecule has 0 saturated heterocycles. The van der Waals surface area contributed by atoms with E-state index < -0.39 is 23.3 Å². The minimum absolute atomic E-state index is 0. The molecule has 15 heavy (non-hydrogen) atoms. The van der Waals surface area contributed by atoms with Crippen LogP contribution in [0.25, 0.3) is 0 Å². The molecule has 0 aliphatic rings. The van der Waals surface area contributed by atoms with Crippen LogP contribution in [0.3, 0.4) is 0 Å². The Morgan fingerprint density at radius 2 is 1.60 bits per heavy atom. The summed E-state index contributed by atoms with van der Waals surface area (Å²) in [5.41, 5.74) is -1.62. The number of unbranched alkanes of at least 4 members (excludes halogenated alkanes) is 1. The molecule has 0 spiro atoms. The molecule has 0 amide bonds. The quantitative estimate of drug-likeness (QED) is 0.512. The second kappa shape index (κ2) is 6.92. The molecule has 84 valence electrons. The predicted octanol–water partition coefficient (Wildman–Crippen LogP) is 1.34. The summed E-state index contributed by atoms with van der Waals surface area (Å²) in [6.07, 6.45) is 1.62. The Morgan fingerprint density at radius 3 is 1.80 bits per heavy atom. The van der Waals surface area contributed by atoms with Gasteiger partial charge in [0.25, 0.3) is 0 Å². The summed E-state index contributed by atoms with van der Waals surface area (Å²) in [6.45, 7) is 5.19. The van der Waals surface area contributed by atoms with Crippen molar-refractivity contribution in [1.82, 2.24) is 0 Å². The van der Waals surface area contributed by atoms with Crippen molar-refractivity contribution in [3.05, 3.63) is 0 Å². The molecule has 0 aromatic rings. The van der Waals surface area contributed by atoms with Crippen LogP contribution in [-0.2, 0) is 9.59 Å². The Bertz CT molecular complexity index is 211. The summed E-state index contributed by atoms with van der Waals surface area (Å²) in [4.78, 5) is 22.1. The van der Waals surface area contributed by atoms with E-state index >= 15 is 0 Å². The van der Waals surface area contributed by atoms with Crippen molar-refractivity contribution in [3.63, 3.8) is 0 Å². The van der Waals surface area contributed by atoms with Gasteiger partial charge in [-0.2, -0.15) is 0 Å². The Balaban J connectivity index is 0. The van der Waals surface area contributed by atoms with Gasteiger partial charge in [0.15, 0.2) is 5.41 Å². The average Bonchev–Trinajstić information content (AvgIpc) is 2.03. The first-order chi connectivity index (χ1) is 6.39. The number of carboxylic acids is 2. The maximum atomic E-state index is 11.0. The number of hydrogen-bond acceptors (Lipinski definition) is 2. The molecular formula is C10H19LiO4. The van der Waals surface area contributed by atoms with Crippen LogP contribution in [0.4, 0.5) is 0 Å². The summed E-state index contributed by atoms with van der Waals surface area (Å²) in [5.74, 6) is -2.86. The molecule has 0 aliphatic carbocycles. The summed E-state index contributed by atoms with van der Waals surface area (Å²) < 4.78 is 0. The Morgan fingerprint density at radius 1 is 1.20 bits per heavy atom. The zero-order valence-electron chi connectivity index (χ0n) is 8.91. The number of aliphatic carboxylic acids is 2. The third-order valence-electron chi connectivity index (χ3n) is 2.67. The molecule has 0 radical (unpaired) electrons. The standard InChI is InChI=1S/C10H18O4.Li.H/c1-4-5-6-10(7(2)3,8(11)12)9(13)14;;/h7H,4-6H2,1-3H3,(H,11,12)(H,13,14);;. The van der Waals surface area contributed by atoms with E-state index in [4.69, 9.17) is 10.2 Å². The normalized spacial score (nSPS) is 10.9. The summed E-state index contributed by atoms with van der Waals surface area (Å²) in [7, 11) is 0. The molecule has 2 N–H and O–H groups in total. The fraction of sp³-hybridized carbons (Fsp3) is 0.800. The van der Waals surface area contributed by atoms with Gasteiger partial charge in [0.05, 0.1) is 0 Å². The first kappa shape index (κ1) is 16.9. The zero-order chi connectivity index (χ0) is 11.4. The van der Waals surface area contributed by atoms with Gasteiger partial charge in [-0.3, -0.25) is 9.59 Å². The topological polar surface area (TPSA) is 74.6 Å². The van der Waals surface area contributed by atoms with Crippen LogP contribution < -0.4 is 0 Å². The number of carboxylic acid groups (broad SMARTS) is 2. The molecule has 5 heteroatoms. The molecule has 0 saturated carbocycles. The molecule has 0 unspecified atom stereocenters. The van der Waals surface area contributed by atoms with Crippen LogP contribution in [0.1, 0.15) is 40.0 Å². The molecule has 0 heterocycles. The molecule has 0 fully saturated rings. The molecule has 0 aliphatic heterocycles. The van der Waals surface area contributed by atoms with Crippen LogP contribution in [0.2, 0.25) is 0 Å². The van der Waals surface area contributed by atoms with Gasteiger partial charge < -0.3 is 10.2 Å². The average molecular weight is 210 g/mol. The monoisotopic (exact) mass is 210 g/mol. The van der Waals surface area contributed by atoms with Gasteiger partial charge in [-0.25, -0.2) is 0 Å². The SMILES string of the molecule is CCCCC(C(=O)O)(C(=O)O)C(C)C.[LiH]. The van der Waals surface area contributed by atoms with Crippen LogP contribution in [0, 0.1) is 11.3 Å². The number of rotatable bonds is 6. The Hall–Kier alpha value is -0.463. The van der Waals surface area contributed by atoms with Crippen molar-refractivity contribution in [2.75, 3.05) is 0 Å². The van der Waals surface area contributed by atoms with E-state index in [9.17, 15) is 9.59 Å². The van der Waals surface area contributed by atoms with E-state index in [-0.39, 0.29) is 25.3 Å².